The number of thiazole rings is 1. The number of halogens is 1. The molecule has 1 aliphatic rings. The van der Waals surface area contributed by atoms with Crippen LogP contribution in [0.25, 0.3) is 11.4 Å². The van der Waals surface area contributed by atoms with E-state index < -0.39 is 36.4 Å². The van der Waals surface area contributed by atoms with Gasteiger partial charge < -0.3 is 20.1 Å². The smallest absolute Gasteiger partial charge is 0.136 e. The summed E-state index contributed by atoms with van der Waals surface area (Å²) in [5.41, 5.74) is 2.14. The molecular formula is C16H16BrN5O4S2. The van der Waals surface area contributed by atoms with Gasteiger partial charge in [0.05, 0.1) is 18.3 Å². The number of aliphatic hydroxyl groups excluding tert-OH is 3. The Morgan fingerprint density at radius 1 is 1.25 bits per heavy atom. The van der Waals surface area contributed by atoms with Gasteiger partial charge >= 0.3 is 0 Å². The van der Waals surface area contributed by atoms with Gasteiger partial charge in [-0.25, -0.2) is 9.67 Å². The molecule has 0 amide bonds. The maximum atomic E-state index is 10.9. The maximum Gasteiger partial charge on any atom is 0.136 e. The van der Waals surface area contributed by atoms with Crippen molar-refractivity contribution in [1.82, 2.24) is 25.0 Å². The summed E-state index contributed by atoms with van der Waals surface area (Å²) >= 11 is 6.05. The number of ether oxygens (including phenoxy) is 1. The number of pyridine rings is 1. The van der Waals surface area contributed by atoms with Crippen LogP contribution < -0.4 is 0 Å². The lowest BCUT2D eigenvalue weighted by atomic mass is 9.97. The Morgan fingerprint density at radius 3 is 2.82 bits per heavy atom. The molecule has 1 aliphatic heterocycles. The van der Waals surface area contributed by atoms with E-state index >= 15 is 0 Å². The van der Waals surface area contributed by atoms with E-state index in [0.717, 1.165) is 9.37 Å². The summed E-state index contributed by atoms with van der Waals surface area (Å²) in [6, 6.07) is 1.00. The minimum Gasteiger partial charge on any atom is -0.394 e. The first-order valence-corrected chi connectivity index (χ1v) is 10.9. The van der Waals surface area contributed by atoms with Crippen molar-refractivity contribution in [2.75, 3.05) is 6.61 Å². The summed E-state index contributed by atoms with van der Waals surface area (Å²) in [6.45, 7) is -0.397. The zero-order valence-corrected chi connectivity index (χ0v) is 17.5. The van der Waals surface area contributed by atoms with Crippen LogP contribution >= 0.6 is 39.0 Å². The number of hydrogen-bond acceptors (Lipinski definition) is 10. The summed E-state index contributed by atoms with van der Waals surface area (Å²) in [6.07, 6.45) is 1.77. The van der Waals surface area contributed by atoms with Gasteiger partial charge in [-0.2, -0.15) is 0 Å². The molecule has 0 saturated carbocycles. The molecule has 148 valence electrons. The van der Waals surface area contributed by atoms with Gasteiger partial charge in [0, 0.05) is 27.1 Å². The fourth-order valence-corrected chi connectivity index (χ4v) is 5.09. The van der Waals surface area contributed by atoms with E-state index in [2.05, 4.69) is 36.2 Å². The Kier molecular flexibility index (Phi) is 6.06. The van der Waals surface area contributed by atoms with Gasteiger partial charge in [0.1, 0.15) is 41.2 Å². The quantitative estimate of drug-likeness (QED) is 0.490. The Balaban J connectivity index is 1.61. The summed E-state index contributed by atoms with van der Waals surface area (Å²) in [5.74, 6) is 0. The molecule has 4 rings (SSSR count). The largest absolute Gasteiger partial charge is 0.394 e. The first-order chi connectivity index (χ1) is 13.6. The molecule has 4 heterocycles. The van der Waals surface area contributed by atoms with Crippen LogP contribution in [0.3, 0.4) is 0 Å². The molecule has 3 aromatic rings. The molecule has 1 fully saturated rings. The topological polar surface area (TPSA) is 126 Å². The predicted octanol–water partition coefficient (Wildman–Crippen LogP) is 1.33. The maximum absolute atomic E-state index is 10.9. The van der Waals surface area contributed by atoms with Crippen molar-refractivity contribution in [3.63, 3.8) is 0 Å². The lowest BCUT2D eigenvalue weighted by molar-refractivity contribution is -0.178. The van der Waals surface area contributed by atoms with Crippen molar-refractivity contribution in [2.45, 2.75) is 34.7 Å². The Labute approximate surface area is 176 Å². The molecular weight excluding hydrogens is 470 g/mol. The Morgan fingerprint density at radius 2 is 2.11 bits per heavy atom. The van der Waals surface area contributed by atoms with E-state index in [4.69, 9.17) is 4.74 Å². The number of hydrogen-bond donors (Lipinski definition) is 3. The lowest BCUT2D eigenvalue weighted by Gasteiger charge is -2.41. The van der Waals surface area contributed by atoms with E-state index in [1.54, 1.807) is 24.1 Å². The van der Waals surface area contributed by atoms with Gasteiger partial charge in [-0.15, -0.1) is 16.4 Å². The van der Waals surface area contributed by atoms with Gasteiger partial charge in [0.25, 0.3) is 0 Å². The van der Waals surface area contributed by atoms with Crippen LogP contribution in [0.1, 0.15) is 6.04 Å². The summed E-state index contributed by atoms with van der Waals surface area (Å²) in [4.78, 5) is 9.06. The van der Waals surface area contributed by atoms with Crippen LogP contribution in [0.2, 0.25) is 0 Å². The zero-order chi connectivity index (χ0) is 19.7. The van der Waals surface area contributed by atoms with Gasteiger partial charge in [-0.05, 0) is 22.0 Å². The average molecular weight is 486 g/mol. The second kappa shape index (κ2) is 8.53. The van der Waals surface area contributed by atoms with Crippen LogP contribution in [-0.4, -0.2) is 70.6 Å². The van der Waals surface area contributed by atoms with Gasteiger partial charge in [-0.3, -0.25) is 4.98 Å². The zero-order valence-electron chi connectivity index (χ0n) is 14.2. The molecule has 5 atom stereocenters. The van der Waals surface area contributed by atoms with E-state index in [-0.39, 0.29) is 0 Å². The Bertz CT molecular complexity index is 927. The van der Waals surface area contributed by atoms with Gasteiger partial charge in [0.15, 0.2) is 0 Å². The van der Waals surface area contributed by atoms with Crippen molar-refractivity contribution in [1.29, 1.82) is 0 Å². The number of nitrogens with zero attached hydrogens (tertiary/aromatic N) is 5. The lowest BCUT2D eigenvalue weighted by Crippen LogP contribution is -2.55. The van der Waals surface area contributed by atoms with E-state index in [9.17, 15) is 15.3 Å². The van der Waals surface area contributed by atoms with Gasteiger partial charge in [-0.1, -0.05) is 17.0 Å². The number of thioether (sulfide) groups is 1. The highest BCUT2D eigenvalue weighted by Gasteiger charge is 2.46. The molecule has 12 heteroatoms. The van der Waals surface area contributed by atoms with Crippen LogP contribution in [0.4, 0.5) is 0 Å². The minimum atomic E-state index is -1.16. The SMILES string of the molecule is OCC1OC(Sc2cncc(Br)c2)[C@@H](O)C(n2cc(-c3cscn3)nn2)C1O. The minimum absolute atomic E-state index is 0.397. The summed E-state index contributed by atoms with van der Waals surface area (Å²) in [7, 11) is 0. The number of aromatic nitrogens is 5. The van der Waals surface area contributed by atoms with Crippen molar-refractivity contribution in [3.05, 3.63) is 40.0 Å². The second-order valence-electron chi connectivity index (χ2n) is 6.11. The van der Waals surface area contributed by atoms with E-state index in [0.29, 0.717) is 11.4 Å². The number of aliphatic hydroxyl groups is 3. The van der Waals surface area contributed by atoms with Crippen molar-refractivity contribution in [2.24, 2.45) is 0 Å². The molecule has 0 bridgehead atoms. The first kappa shape index (κ1) is 19.9. The van der Waals surface area contributed by atoms with Crippen molar-refractivity contribution in [3.8, 4) is 11.4 Å². The highest BCUT2D eigenvalue weighted by molar-refractivity contribution is 9.10. The molecule has 28 heavy (non-hydrogen) atoms. The van der Waals surface area contributed by atoms with E-state index in [1.165, 1.54) is 27.8 Å². The predicted molar refractivity (Wildman–Crippen MR) is 106 cm³/mol. The van der Waals surface area contributed by atoms with Crippen LogP contribution in [0.5, 0.6) is 0 Å². The van der Waals surface area contributed by atoms with Crippen molar-refractivity contribution < 1.29 is 20.1 Å². The fourth-order valence-electron chi connectivity index (χ4n) is 2.95. The fraction of sp³-hybridized carbons (Fsp3) is 0.375. The molecule has 3 N–H and O–H groups in total. The normalized spacial score (nSPS) is 27.8. The molecule has 4 unspecified atom stereocenters. The molecule has 0 aromatic carbocycles. The molecule has 9 nitrogen and oxygen atoms in total. The van der Waals surface area contributed by atoms with Crippen LogP contribution in [0, 0.1) is 0 Å². The first-order valence-electron chi connectivity index (χ1n) is 8.27. The third-order valence-electron chi connectivity index (χ3n) is 4.29. The van der Waals surface area contributed by atoms with Crippen LogP contribution in [0.15, 0.2) is 44.9 Å². The monoisotopic (exact) mass is 485 g/mol. The highest BCUT2D eigenvalue weighted by Crippen LogP contribution is 2.38. The van der Waals surface area contributed by atoms with Crippen LogP contribution in [-0.2, 0) is 4.74 Å². The molecule has 0 spiro atoms. The molecule has 3 aromatic heterocycles. The highest BCUT2D eigenvalue weighted by atomic mass is 79.9. The summed E-state index contributed by atoms with van der Waals surface area (Å²) < 4.78 is 7.93. The van der Waals surface area contributed by atoms with E-state index in [1.807, 2.05) is 11.4 Å². The third-order valence-corrected chi connectivity index (χ3v) is 6.43. The standard InChI is InChI=1S/C16H16BrN5O4S2/c17-8-1-9(3-18-2-8)28-16-15(25)13(14(24)12(5-23)26-16)22-4-10(20-21-22)11-6-27-7-19-11/h1-4,6-7,12-16,23-25H,5H2/t12?,13?,14?,15-,16?/m0/s1. The van der Waals surface area contributed by atoms with Crippen molar-refractivity contribution >= 4 is 39.0 Å². The number of rotatable bonds is 5. The third kappa shape index (κ3) is 3.99. The summed E-state index contributed by atoms with van der Waals surface area (Å²) in [5, 5.41) is 41.2. The molecule has 1 saturated heterocycles. The molecule has 0 radical (unpaired) electrons. The Hall–Kier alpha value is -1.41. The second-order valence-corrected chi connectivity index (χ2v) is 8.92. The molecule has 0 aliphatic carbocycles. The van der Waals surface area contributed by atoms with Gasteiger partial charge in [0.2, 0.25) is 0 Å². The average Bonchev–Trinajstić information content (AvgIpc) is 3.36.